The maximum Gasteiger partial charge on any atom is 0.410 e. The molecule has 1 aromatic rings. The largest absolute Gasteiger partial charge is 0.444 e. The number of carbonyl (C=O) groups excluding carboxylic acids is 1. The van der Waals surface area contributed by atoms with Crippen LogP contribution in [0.3, 0.4) is 0 Å². The zero-order chi connectivity index (χ0) is 18.7. The quantitative estimate of drug-likeness (QED) is 0.756. The molecular weight excluding hydrogens is 331 g/mol. The molecule has 1 amide bonds. The summed E-state index contributed by atoms with van der Waals surface area (Å²) in [7, 11) is 0. The van der Waals surface area contributed by atoms with Crippen molar-refractivity contribution >= 4 is 17.9 Å². The van der Waals surface area contributed by atoms with E-state index in [2.05, 4.69) is 4.90 Å². The lowest BCUT2D eigenvalue weighted by molar-refractivity contribution is 0.0237. The lowest BCUT2D eigenvalue weighted by Gasteiger charge is -2.31. The Morgan fingerprint density at radius 3 is 2.35 bits per heavy atom. The van der Waals surface area contributed by atoms with Gasteiger partial charge < -0.3 is 14.5 Å². The van der Waals surface area contributed by atoms with E-state index in [0.29, 0.717) is 18.7 Å². The third kappa shape index (κ3) is 4.77. The molecule has 2 aliphatic heterocycles. The molecule has 2 fully saturated rings. The van der Waals surface area contributed by atoms with Gasteiger partial charge in [0.1, 0.15) is 11.4 Å². The Bertz CT molecular complexity index is 678. The molecule has 0 aliphatic carbocycles. The summed E-state index contributed by atoms with van der Waals surface area (Å²) in [6.45, 7) is 8.88. The number of likely N-dealkylation sites (tertiary alicyclic amines) is 1. The van der Waals surface area contributed by atoms with Gasteiger partial charge in [-0.2, -0.15) is 0 Å². The molecule has 2 aliphatic rings. The Balaban J connectivity index is 1.60. The summed E-state index contributed by atoms with van der Waals surface area (Å²) >= 11 is 0. The zero-order valence-corrected chi connectivity index (χ0v) is 16.1. The van der Waals surface area contributed by atoms with Crippen LogP contribution in [-0.2, 0) is 4.74 Å². The summed E-state index contributed by atoms with van der Waals surface area (Å²) in [4.78, 5) is 16.1. The first-order chi connectivity index (χ1) is 12.3. The van der Waals surface area contributed by atoms with Crippen molar-refractivity contribution < 1.29 is 13.9 Å². The molecule has 0 bridgehead atoms. The molecular formula is C21H29FN2O2. The third-order valence-corrected chi connectivity index (χ3v) is 4.87. The fraction of sp³-hybridized carbons (Fsp3) is 0.571. The molecule has 0 atom stereocenters. The average molecular weight is 360 g/mol. The molecule has 0 N–H and O–H groups in total. The molecule has 0 unspecified atom stereocenters. The van der Waals surface area contributed by atoms with E-state index < -0.39 is 5.60 Å². The summed E-state index contributed by atoms with van der Waals surface area (Å²) in [5.41, 5.74) is 2.31. The number of anilines is 1. The number of halogens is 1. The summed E-state index contributed by atoms with van der Waals surface area (Å²) in [5, 5.41) is 0. The molecule has 5 heteroatoms. The standard InChI is InChI=1S/C21H29FN2O2/c1-21(2,3)26-20(25)24-12-8-16(9-13-24)14-17-6-7-18(15-19(17)22)23-10-4-5-11-23/h6-7,14-15H,4-5,8-13H2,1-3H3. The Labute approximate surface area is 155 Å². The van der Waals surface area contributed by atoms with Gasteiger partial charge in [0.05, 0.1) is 0 Å². The second-order valence-electron chi connectivity index (χ2n) is 8.17. The van der Waals surface area contributed by atoms with Crippen LogP contribution in [0.4, 0.5) is 14.9 Å². The van der Waals surface area contributed by atoms with E-state index in [4.69, 9.17) is 4.74 Å². The van der Waals surface area contributed by atoms with Crippen LogP contribution in [0, 0.1) is 5.82 Å². The SMILES string of the molecule is CC(C)(C)OC(=O)N1CCC(=Cc2ccc(N3CCCC3)cc2F)CC1. The van der Waals surface area contributed by atoms with Gasteiger partial charge in [-0.15, -0.1) is 0 Å². The minimum absolute atomic E-state index is 0.170. The number of nitrogens with zero attached hydrogens (tertiary/aromatic N) is 2. The van der Waals surface area contributed by atoms with Crippen molar-refractivity contribution in [1.29, 1.82) is 0 Å². The van der Waals surface area contributed by atoms with Gasteiger partial charge in [-0.25, -0.2) is 9.18 Å². The molecule has 142 valence electrons. The molecule has 0 aromatic heterocycles. The number of hydrogen-bond donors (Lipinski definition) is 0. The van der Waals surface area contributed by atoms with E-state index in [0.717, 1.165) is 31.6 Å². The summed E-state index contributed by atoms with van der Waals surface area (Å²) in [6.07, 6.45) is 5.55. The number of benzene rings is 1. The Morgan fingerprint density at radius 2 is 1.77 bits per heavy atom. The maximum absolute atomic E-state index is 14.5. The Hall–Kier alpha value is -2.04. The number of rotatable bonds is 2. The van der Waals surface area contributed by atoms with Crippen molar-refractivity contribution in [3.05, 3.63) is 35.2 Å². The van der Waals surface area contributed by atoms with Crippen LogP contribution in [0.1, 0.15) is 52.0 Å². The number of carbonyl (C=O) groups is 1. The van der Waals surface area contributed by atoms with Crippen LogP contribution in [0.25, 0.3) is 6.08 Å². The van der Waals surface area contributed by atoms with E-state index >= 15 is 0 Å². The molecule has 0 spiro atoms. The van der Waals surface area contributed by atoms with Crippen LogP contribution in [0.5, 0.6) is 0 Å². The van der Waals surface area contributed by atoms with Crippen molar-refractivity contribution in [2.75, 3.05) is 31.1 Å². The summed E-state index contributed by atoms with van der Waals surface area (Å²) < 4.78 is 19.9. The van der Waals surface area contributed by atoms with Gasteiger partial charge in [-0.1, -0.05) is 11.6 Å². The topological polar surface area (TPSA) is 32.8 Å². The van der Waals surface area contributed by atoms with Gasteiger partial charge >= 0.3 is 6.09 Å². The molecule has 0 saturated carbocycles. The minimum atomic E-state index is -0.479. The molecule has 26 heavy (non-hydrogen) atoms. The normalized spacial score (nSPS) is 18.2. The first-order valence-electron chi connectivity index (χ1n) is 9.54. The lowest BCUT2D eigenvalue weighted by Crippen LogP contribution is -2.40. The monoisotopic (exact) mass is 360 g/mol. The fourth-order valence-corrected chi connectivity index (χ4v) is 3.47. The highest BCUT2D eigenvalue weighted by Crippen LogP contribution is 2.26. The highest BCUT2D eigenvalue weighted by Gasteiger charge is 2.24. The molecule has 3 rings (SSSR count). The highest BCUT2D eigenvalue weighted by atomic mass is 19.1. The Morgan fingerprint density at radius 1 is 1.12 bits per heavy atom. The first kappa shape index (κ1) is 18.7. The predicted octanol–water partition coefficient (Wildman–Crippen LogP) is 4.84. The number of piperidine rings is 1. The number of ether oxygens (including phenoxy) is 1. The minimum Gasteiger partial charge on any atom is -0.444 e. The first-order valence-corrected chi connectivity index (χ1v) is 9.54. The average Bonchev–Trinajstić information content (AvgIpc) is 3.10. The second-order valence-corrected chi connectivity index (χ2v) is 8.17. The van der Waals surface area contributed by atoms with E-state index in [1.807, 2.05) is 39.0 Å². The smallest absolute Gasteiger partial charge is 0.410 e. The van der Waals surface area contributed by atoms with Crippen molar-refractivity contribution in [2.24, 2.45) is 0 Å². The van der Waals surface area contributed by atoms with Crippen LogP contribution in [0.2, 0.25) is 0 Å². The van der Waals surface area contributed by atoms with Crippen molar-refractivity contribution in [3.8, 4) is 0 Å². The number of hydrogen-bond acceptors (Lipinski definition) is 3. The van der Waals surface area contributed by atoms with Crippen LogP contribution >= 0.6 is 0 Å². The van der Waals surface area contributed by atoms with Crippen LogP contribution < -0.4 is 4.90 Å². The van der Waals surface area contributed by atoms with Gasteiger partial charge in [0.2, 0.25) is 0 Å². The summed E-state index contributed by atoms with van der Waals surface area (Å²) in [5.74, 6) is -0.170. The van der Waals surface area contributed by atoms with E-state index in [1.54, 1.807) is 11.0 Å². The van der Waals surface area contributed by atoms with Gasteiger partial charge in [-0.05, 0) is 64.7 Å². The molecule has 0 radical (unpaired) electrons. The molecule has 2 heterocycles. The fourth-order valence-electron chi connectivity index (χ4n) is 3.47. The van der Waals surface area contributed by atoms with Gasteiger partial charge in [0.15, 0.2) is 0 Å². The van der Waals surface area contributed by atoms with E-state index in [9.17, 15) is 9.18 Å². The maximum atomic E-state index is 14.5. The van der Waals surface area contributed by atoms with Crippen molar-refractivity contribution in [1.82, 2.24) is 4.90 Å². The number of amides is 1. The van der Waals surface area contributed by atoms with Gasteiger partial charge in [0.25, 0.3) is 0 Å². The van der Waals surface area contributed by atoms with Crippen LogP contribution in [-0.4, -0.2) is 42.8 Å². The zero-order valence-electron chi connectivity index (χ0n) is 16.1. The third-order valence-electron chi connectivity index (χ3n) is 4.87. The van der Waals surface area contributed by atoms with Crippen molar-refractivity contribution in [3.63, 3.8) is 0 Å². The van der Waals surface area contributed by atoms with E-state index in [1.165, 1.54) is 18.4 Å². The molecule has 4 nitrogen and oxygen atoms in total. The van der Waals surface area contributed by atoms with Crippen molar-refractivity contribution in [2.45, 2.75) is 52.1 Å². The van der Waals surface area contributed by atoms with E-state index in [-0.39, 0.29) is 11.9 Å². The molecule has 1 aromatic carbocycles. The van der Waals surface area contributed by atoms with Gasteiger partial charge in [0, 0.05) is 37.4 Å². The predicted molar refractivity (Wildman–Crippen MR) is 103 cm³/mol. The second kappa shape index (κ2) is 7.68. The molecule has 2 saturated heterocycles. The highest BCUT2D eigenvalue weighted by molar-refractivity contribution is 5.68. The summed E-state index contributed by atoms with van der Waals surface area (Å²) in [6, 6.07) is 5.53. The Kier molecular flexibility index (Phi) is 5.54. The van der Waals surface area contributed by atoms with Gasteiger partial charge in [-0.3, -0.25) is 0 Å². The van der Waals surface area contributed by atoms with Crippen LogP contribution in [0.15, 0.2) is 23.8 Å². The lowest BCUT2D eigenvalue weighted by atomic mass is 10.0.